The molecule has 20 heavy (non-hydrogen) atoms. The summed E-state index contributed by atoms with van der Waals surface area (Å²) < 4.78 is 26.4. The van der Waals surface area contributed by atoms with Gasteiger partial charge in [0.2, 0.25) is 10.0 Å². The van der Waals surface area contributed by atoms with Crippen molar-refractivity contribution in [2.75, 3.05) is 0 Å². The van der Waals surface area contributed by atoms with Gasteiger partial charge in [0.05, 0.1) is 0 Å². The molecule has 0 aromatic carbocycles. The van der Waals surface area contributed by atoms with Crippen molar-refractivity contribution in [1.82, 2.24) is 9.71 Å². The highest BCUT2D eigenvalue weighted by Gasteiger charge is 2.28. The van der Waals surface area contributed by atoms with Crippen molar-refractivity contribution < 1.29 is 18.3 Å². The monoisotopic (exact) mass is 297 g/mol. The van der Waals surface area contributed by atoms with E-state index in [0.717, 1.165) is 0 Å². The summed E-state index contributed by atoms with van der Waals surface area (Å²) in [5.41, 5.74) is -0.270. The maximum atomic E-state index is 12.1. The molecule has 0 aliphatic rings. The molecular weight excluding hydrogens is 282 g/mol. The van der Waals surface area contributed by atoms with Crippen molar-refractivity contribution in [1.29, 1.82) is 5.26 Å². The standard InChI is InChI=1S/C12H15N3O4S/c1-8(2)6-9(12(16)17)15-20(18,19)11-4-3-5-14-10(11)7-13/h3-5,8-9,15H,6H2,1-2H3,(H,16,17). The lowest BCUT2D eigenvalue weighted by Gasteiger charge is -2.16. The van der Waals surface area contributed by atoms with Crippen molar-refractivity contribution in [2.24, 2.45) is 5.92 Å². The molecule has 108 valence electrons. The maximum Gasteiger partial charge on any atom is 0.321 e. The molecule has 1 aromatic rings. The predicted octanol–water partition coefficient (Wildman–Crippen LogP) is 0.731. The molecule has 1 atom stereocenters. The van der Waals surface area contributed by atoms with Crippen LogP contribution in [0.15, 0.2) is 23.2 Å². The van der Waals surface area contributed by atoms with Crippen molar-refractivity contribution in [3.63, 3.8) is 0 Å². The van der Waals surface area contributed by atoms with Crippen LogP contribution >= 0.6 is 0 Å². The summed E-state index contributed by atoms with van der Waals surface area (Å²) in [5.74, 6) is -1.26. The Labute approximate surface area is 117 Å². The first-order valence-corrected chi connectivity index (χ1v) is 7.36. The average Bonchev–Trinajstić information content (AvgIpc) is 2.37. The average molecular weight is 297 g/mol. The summed E-state index contributed by atoms with van der Waals surface area (Å²) in [6, 6.07) is 3.00. The lowest BCUT2D eigenvalue weighted by atomic mass is 10.1. The highest BCUT2D eigenvalue weighted by molar-refractivity contribution is 7.89. The van der Waals surface area contributed by atoms with Gasteiger partial charge in [-0.15, -0.1) is 0 Å². The van der Waals surface area contributed by atoms with Crippen LogP contribution in [0, 0.1) is 17.2 Å². The van der Waals surface area contributed by atoms with Gasteiger partial charge in [-0.1, -0.05) is 13.8 Å². The molecule has 0 bridgehead atoms. The quantitative estimate of drug-likeness (QED) is 0.798. The second kappa shape index (κ2) is 6.45. The van der Waals surface area contributed by atoms with Gasteiger partial charge >= 0.3 is 5.97 Å². The summed E-state index contributed by atoms with van der Waals surface area (Å²) >= 11 is 0. The summed E-state index contributed by atoms with van der Waals surface area (Å²) in [7, 11) is -4.11. The molecule has 2 N–H and O–H groups in total. The number of sulfonamides is 1. The molecule has 1 heterocycles. The second-order valence-corrected chi connectivity index (χ2v) is 6.29. The topological polar surface area (TPSA) is 120 Å². The first kappa shape index (κ1) is 16.1. The molecule has 1 rings (SSSR count). The fourth-order valence-corrected chi connectivity index (χ4v) is 2.92. The van der Waals surface area contributed by atoms with E-state index >= 15 is 0 Å². The summed E-state index contributed by atoms with van der Waals surface area (Å²) in [4.78, 5) is 14.4. The first-order chi connectivity index (χ1) is 9.27. The molecule has 0 aliphatic carbocycles. The smallest absolute Gasteiger partial charge is 0.321 e. The number of carbonyl (C=O) groups is 1. The van der Waals surface area contributed by atoms with Crippen LogP contribution < -0.4 is 4.72 Å². The summed E-state index contributed by atoms with van der Waals surface area (Å²) in [5, 5.41) is 17.9. The number of aromatic nitrogens is 1. The SMILES string of the molecule is CC(C)CC(NS(=O)(=O)c1cccnc1C#N)C(=O)O. The lowest BCUT2D eigenvalue weighted by Crippen LogP contribution is -2.41. The van der Waals surface area contributed by atoms with Crippen molar-refractivity contribution in [3.8, 4) is 6.07 Å². The minimum Gasteiger partial charge on any atom is -0.480 e. The number of aliphatic carboxylic acids is 1. The van der Waals surface area contributed by atoms with Crippen LogP contribution in [0.5, 0.6) is 0 Å². The Morgan fingerprint density at radius 1 is 1.55 bits per heavy atom. The van der Waals surface area contributed by atoms with Gasteiger partial charge in [0.15, 0.2) is 5.69 Å². The number of nitriles is 1. The first-order valence-electron chi connectivity index (χ1n) is 5.88. The van der Waals surface area contributed by atoms with E-state index in [1.165, 1.54) is 18.3 Å². The number of carboxylic acids is 1. The minimum absolute atomic E-state index is 0.00290. The Bertz CT molecular complexity index is 634. The van der Waals surface area contributed by atoms with Gasteiger partial charge < -0.3 is 5.11 Å². The van der Waals surface area contributed by atoms with E-state index < -0.39 is 22.0 Å². The van der Waals surface area contributed by atoms with E-state index in [0.29, 0.717) is 0 Å². The third-order valence-corrected chi connectivity index (χ3v) is 3.97. The fourth-order valence-electron chi connectivity index (χ4n) is 1.61. The molecular formula is C12H15N3O4S. The van der Waals surface area contributed by atoms with E-state index in [1.807, 2.05) is 0 Å². The summed E-state index contributed by atoms with van der Waals surface area (Å²) in [6.45, 7) is 3.57. The van der Waals surface area contributed by atoms with Crippen LogP contribution in [0.3, 0.4) is 0 Å². The minimum atomic E-state index is -4.11. The van der Waals surface area contributed by atoms with E-state index in [9.17, 15) is 13.2 Å². The molecule has 0 saturated carbocycles. The Morgan fingerprint density at radius 2 is 2.20 bits per heavy atom. The number of pyridine rings is 1. The third-order valence-electron chi connectivity index (χ3n) is 2.47. The Kier molecular flexibility index (Phi) is 5.19. The van der Waals surface area contributed by atoms with E-state index in [4.69, 9.17) is 10.4 Å². The number of hydrogen-bond donors (Lipinski definition) is 2. The Morgan fingerprint density at radius 3 is 2.70 bits per heavy atom. The number of nitrogens with one attached hydrogen (secondary N) is 1. The van der Waals surface area contributed by atoms with Crippen molar-refractivity contribution in [2.45, 2.75) is 31.2 Å². The molecule has 8 heteroatoms. The maximum absolute atomic E-state index is 12.1. The second-order valence-electron chi connectivity index (χ2n) is 4.60. The number of hydrogen-bond acceptors (Lipinski definition) is 5. The van der Waals surface area contributed by atoms with Crippen LogP contribution in [0.4, 0.5) is 0 Å². The highest BCUT2D eigenvalue weighted by Crippen LogP contribution is 2.14. The molecule has 0 amide bonds. The zero-order chi connectivity index (χ0) is 15.3. The fraction of sp³-hybridized carbons (Fsp3) is 0.417. The number of carboxylic acid groups (broad SMARTS) is 1. The van der Waals surface area contributed by atoms with E-state index in [1.54, 1.807) is 19.9 Å². The third kappa shape index (κ3) is 4.01. The van der Waals surface area contributed by atoms with E-state index in [2.05, 4.69) is 9.71 Å². The van der Waals surface area contributed by atoms with Crippen LogP contribution in [-0.4, -0.2) is 30.5 Å². The van der Waals surface area contributed by atoms with Gasteiger partial charge in [-0.3, -0.25) is 4.79 Å². The van der Waals surface area contributed by atoms with Crippen LogP contribution in [0.1, 0.15) is 26.0 Å². The van der Waals surface area contributed by atoms with Gasteiger partial charge in [0.25, 0.3) is 0 Å². The molecule has 1 aromatic heterocycles. The largest absolute Gasteiger partial charge is 0.480 e. The van der Waals surface area contributed by atoms with Crippen molar-refractivity contribution >= 4 is 16.0 Å². The lowest BCUT2D eigenvalue weighted by molar-refractivity contribution is -0.139. The van der Waals surface area contributed by atoms with Crippen molar-refractivity contribution in [3.05, 3.63) is 24.0 Å². The van der Waals surface area contributed by atoms with Gasteiger partial charge in [0.1, 0.15) is 17.0 Å². The Hall–Kier alpha value is -1.98. The van der Waals surface area contributed by atoms with Gasteiger partial charge in [-0.05, 0) is 24.5 Å². The van der Waals surface area contributed by atoms with Gasteiger partial charge in [-0.2, -0.15) is 9.98 Å². The molecule has 0 spiro atoms. The predicted molar refractivity (Wildman–Crippen MR) is 70.2 cm³/mol. The number of nitrogens with zero attached hydrogens (tertiary/aromatic N) is 2. The van der Waals surface area contributed by atoms with Gasteiger partial charge in [0, 0.05) is 6.20 Å². The highest BCUT2D eigenvalue weighted by atomic mass is 32.2. The molecule has 0 fully saturated rings. The van der Waals surface area contributed by atoms with Gasteiger partial charge in [-0.25, -0.2) is 13.4 Å². The number of rotatable bonds is 6. The van der Waals surface area contributed by atoms with Crippen LogP contribution in [0.25, 0.3) is 0 Å². The molecule has 0 radical (unpaired) electrons. The molecule has 0 aliphatic heterocycles. The zero-order valence-corrected chi connectivity index (χ0v) is 11.9. The van der Waals surface area contributed by atoms with E-state index in [-0.39, 0.29) is 22.9 Å². The zero-order valence-electron chi connectivity index (χ0n) is 11.1. The normalized spacial score (nSPS) is 12.9. The van der Waals surface area contributed by atoms with Crippen LogP contribution in [-0.2, 0) is 14.8 Å². The molecule has 0 saturated heterocycles. The summed E-state index contributed by atoms with van der Waals surface area (Å²) in [6.07, 6.45) is 1.44. The molecule has 7 nitrogen and oxygen atoms in total. The molecule has 1 unspecified atom stereocenters. The van der Waals surface area contributed by atoms with Crippen LogP contribution in [0.2, 0.25) is 0 Å². The Balaban J connectivity index is 3.11.